The maximum absolute atomic E-state index is 14.0. The maximum atomic E-state index is 14.0. The molecule has 0 radical (unpaired) electrons. The number of rotatable bonds is 19. The Balaban J connectivity index is 0.869. The number of aromatic nitrogens is 2. The number of imidazole rings is 1. The molecular weight excluding hydrogens is 855 g/mol. The van der Waals surface area contributed by atoms with Crippen molar-refractivity contribution in [3.63, 3.8) is 0 Å². The highest BCUT2D eigenvalue weighted by Gasteiger charge is 2.45. The van der Waals surface area contributed by atoms with E-state index in [1.54, 1.807) is 21.4 Å². The van der Waals surface area contributed by atoms with E-state index >= 15 is 0 Å². The van der Waals surface area contributed by atoms with E-state index in [1.165, 1.54) is 4.57 Å². The van der Waals surface area contributed by atoms with E-state index in [-0.39, 0.29) is 55.8 Å². The highest BCUT2D eigenvalue weighted by atomic mass is 16.2. The van der Waals surface area contributed by atoms with Crippen LogP contribution in [-0.2, 0) is 47.0 Å². The van der Waals surface area contributed by atoms with Gasteiger partial charge in [0.15, 0.2) is 0 Å². The van der Waals surface area contributed by atoms with Gasteiger partial charge in [0, 0.05) is 45.4 Å². The lowest BCUT2D eigenvalue weighted by Crippen LogP contribution is -2.60. The quantitative estimate of drug-likeness (QED) is 0.0685. The Labute approximate surface area is 390 Å². The fraction of sp³-hybridized carbons (Fsp3) is 0.480. The zero-order valence-corrected chi connectivity index (χ0v) is 38.2. The zero-order valence-electron chi connectivity index (χ0n) is 38.2. The van der Waals surface area contributed by atoms with E-state index in [1.807, 2.05) is 78.9 Å². The first-order valence-electron chi connectivity index (χ1n) is 23.7. The van der Waals surface area contributed by atoms with Crippen molar-refractivity contribution < 1.29 is 33.6 Å². The Bertz CT molecular complexity index is 2470. The molecule has 17 heteroatoms. The van der Waals surface area contributed by atoms with Crippen molar-refractivity contribution in [3.05, 3.63) is 106 Å². The van der Waals surface area contributed by atoms with Crippen LogP contribution in [0.3, 0.4) is 0 Å². The number of fused-ring (bicyclic) bond motifs is 2. The van der Waals surface area contributed by atoms with E-state index in [4.69, 9.17) is 11.5 Å². The van der Waals surface area contributed by atoms with Crippen molar-refractivity contribution in [2.24, 2.45) is 18.5 Å². The average molecular weight is 918 g/mol. The number of nitrogens with one attached hydrogen (secondary N) is 3. The monoisotopic (exact) mass is 917 g/mol. The molecule has 3 aliphatic rings. The van der Waals surface area contributed by atoms with Crippen LogP contribution in [-0.4, -0.2) is 97.5 Å². The number of imide groups is 1. The largest absolute Gasteiger partial charge is 0.370 e. The summed E-state index contributed by atoms with van der Waals surface area (Å²) in [5.74, 6) is -2.87. The number of nitrogens with zero attached hydrogens (tertiary/aromatic N) is 4. The van der Waals surface area contributed by atoms with E-state index in [9.17, 15) is 38.4 Å². The highest BCUT2D eigenvalue weighted by Crippen LogP contribution is 2.31. The highest BCUT2D eigenvalue weighted by molar-refractivity contribution is 6.00. The first-order chi connectivity index (χ1) is 32.3. The topological polar surface area (TPSA) is 241 Å². The van der Waals surface area contributed by atoms with Gasteiger partial charge in [-0.3, -0.25) is 48.0 Å². The second-order valence-corrected chi connectivity index (χ2v) is 18.1. The molecule has 7 rings (SSSR count). The molecule has 4 aromatic rings. The first kappa shape index (κ1) is 48.3. The smallest absolute Gasteiger partial charge is 0.329 e. The molecule has 0 spiro atoms. The van der Waals surface area contributed by atoms with E-state index in [0.717, 1.165) is 60.7 Å². The molecule has 0 aliphatic carbocycles. The lowest BCUT2D eigenvalue weighted by atomic mass is 9.98. The summed E-state index contributed by atoms with van der Waals surface area (Å²) >= 11 is 0. The number of unbranched alkanes of at least 4 members (excludes halogenated alkanes) is 5. The predicted octanol–water partition coefficient (Wildman–Crippen LogP) is 3.17. The SMILES string of the molecule is Cn1c(=O)n(C2CCC(=O)NC2=O)c2cccc(CCCCCCCCC(=O)N3CC[C@H]4CC[C@@H](C(=O)N[C@@H](CCC(N)=O)C(=O)NC(c5ccccc5)c5ccccc5)N4C(=O)[C@@H](N)C3)c21. The number of benzene rings is 3. The summed E-state index contributed by atoms with van der Waals surface area (Å²) in [7, 11) is 1.71. The summed E-state index contributed by atoms with van der Waals surface area (Å²) in [6, 6.07) is 20.0. The van der Waals surface area contributed by atoms with Crippen LogP contribution in [0, 0.1) is 0 Å². The van der Waals surface area contributed by atoms with Crippen LogP contribution in [0.1, 0.15) is 119 Å². The van der Waals surface area contributed by atoms with Crippen LogP contribution < -0.4 is 33.1 Å². The van der Waals surface area contributed by atoms with Crippen LogP contribution >= 0.6 is 0 Å². The molecule has 3 aromatic carbocycles. The number of piperidine rings is 1. The van der Waals surface area contributed by atoms with Crippen LogP contribution in [0.2, 0.25) is 0 Å². The number of aryl methyl sites for hydroxylation is 2. The van der Waals surface area contributed by atoms with Gasteiger partial charge in [0.25, 0.3) is 0 Å². The van der Waals surface area contributed by atoms with E-state index in [0.29, 0.717) is 44.2 Å². The molecule has 17 nitrogen and oxygen atoms in total. The lowest BCUT2D eigenvalue weighted by Gasteiger charge is -2.37. The van der Waals surface area contributed by atoms with Crippen molar-refractivity contribution >= 4 is 52.4 Å². The van der Waals surface area contributed by atoms with Gasteiger partial charge in [-0.25, -0.2) is 4.79 Å². The normalized spacial score (nSPS) is 20.3. The molecular formula is C50H63N9O8. The van der Waals surface area contributed by atoms with Gasteiger partial charge in [0.1, 0.15) is 24.2 Å². The molecule has 5 atom stereocenters. The minimum Gasteiger partial charge on any atom is -0.370 e. The number of hydrogen-bond donors (Lipinski definition) is 5. The van der Waals surface area contributed by atoms with E-state index in [2.05, 4.69) is 16.0 Å². The Hall–Kier alpha value is -6.62. The summed E-state index contributed by atoms with van der Waals surface area (Å²) in [4.78, 5) is 108. The van der Waals surface area contributed by atoms with Crippen molar-refractivity contribution in [1.82, 2.24) is 34.9 Å². The Morgan fingerprint density at radius 2 is 1.45 bits per heavy atom. The molecule has 0 bridgehead atoms. The zero-order chi connectivity index (χ0) is 47.6. The van der Waals surface area contributed by atoms with Gasteiger partial charge in [0.05, 0.1) is 17.1 Å². The van der Waals surface area contributed by atoms with Crippen molar-refractivity contribution in [2.45, 2.75) is 133 Å². The van der Waals surface area contributed by atoms with Crippen LogP contribution in [0.15, 0.2) is 83.7 Å². The molecule has 7 amide bonds. The molecule has 67 heavy (non-hydrogen) atoms. The summed E-state index contributed by atoms with van der Waals surface area (Å²) in [5.41, 5.74) is 15.8. The standard InChI is InChI=1S/C50H63N9O8/c1-56-45-34(20-14-21-38(45)59(50(56)67)40-26-28-42(61)54-48(40)65)19-8-4-2-3-5-13-22-43(62)57-30-29-35-23-25-39(58(35)49(66)36(51)31-57)47(64)53-37(24-27-41(52)60)46(63)55-44(32-15-9-6-10-16-32)33-17-11-7-12-18-33/h6-7,9-12,14-18,20-21,35-37,39-40,44H,2-5,8,13,19,22-31,51H2,1H3,(H2,52,60)(H,53,64)(H,55,63)(H,54,61,65)/t35-,36+,37+,39+,40?/m1/s1. The van der Waals surface area contributed by atoms with Crippen molar-refractivity contribution in [1.29, 1.82) is 0 Å². The van der Waals surface area contributed by atoms with Gasteiger partial charge < -0.3 is 31.9 Å². The summed E-state index contributed by atoms with van der Waals surface area (Å²) in [6.45, 7) is 0.434. The molecule has 7 N–H and O–H groups in total. The number of hydrogen-bond acceptors (Lipinski definition) is 9. The van der Waals surface area contributed by atoms with Gasteiger partial charge in [-0.05, 0) is 74.1 Å². The maximum Gasteiger partial charge on any atom is 0.329 e. The van der Waals surface area contributed by atoms with Crippen LogP contribution in [0.25, 0.3) is 11.0 Å². The van der Waals surface area contributed by atoms with E-state index < -0.39 is 59.7 Å². The summed E-state index contributed by atoms with van der Waals surface area (Å²) in [5, 5.41) is 8.25. The predicted molar refractivity (Wildman–Crippen MR) is 251 cm³/mol. The Morgan fingerprint density at radius 1 is 0.776 bits per heavy atom. The van der Waals surface area contributed by atoms with Crippen molar-refractivity contribution in [3.8, 4) is 0 Å². The molecule has 0 saturated carbocycles. The third kappa shape index (κ3) is 11.5. The fourth-order valence-corrected chi connectivity index (χ4v) is 10.0. The van der Waals surface area contributed by atoms with Gasteiger partial charge in [0.2, 0.25) is 41.4 Å². The molecule has 4 heterocycles. The van der Waals surface area contributed by atoms with Gasteiger partial charge in [-0.15, -0.1) is 0 Å². The molecule has 356 valence electrons. The number of nitrogens with two attached hydrogens (primary N) is 2. The second kappa shape index (κ2) is 22.2. The summed E-state index contributed by atoms with van der Waals surface area (Å²) in [6.07, 6.45) is 8.16. The van der Waals surface area contributed by atoms with Gasteiger partial charge in [-0.1, -0.05) is 98.5 Å². The number of carbonyl (C=O) groups excluding carboxylic acids is 7. The minimum atomic E-state index is -1.10. The van der Waals surface area contributed by atoms with Crippen LogP contribution in [0.4, 0.5) is 0 Å². The molecule has 3 aliphatic heterocycles. The van der Waals surface area contributed by atoms with Gasteiger partial charge in [-0.2, -0.15) is 0 Å². The number of amides is 7. The lowest BCUT2D eigenvalue weighted by molar-refractivity contribution is -0.145. The third-order valence-corrected chi connectivity index (χ3v) is 13.5. The second-order valence-electron chi connectivity index (χ2n) is 18.1. The molecule has 3 fully saturated rings. The Kier molecular flexibility index (Phi) is 16.0. The summed E-state index contributed by atoms with van der Waals surface area (Å²) < 4.78 is 3.10. The molecule has 1 aromatic heterocycles. The average Bonchev–Trinajstić information content (AvgIpc) is 3.86. The number of para-hydroxylation sites is 1. The third-order valence-electron chi connectivity index (χ3n) is 13.5. The molecule has 1 unspecified atom stereocenters. The number of primary amides is 1. The minimum absolute atomic E-state index is 0.0300. The number of carbonyl (C=O) groups is 7. The first-order valence-corrected chi connectivity index (χ1v) is 23.7. The van der Waals surface area contributed by atoms with Crippen LogP contribution in [0.5, 0.6) is 0 Å². The van der Waals surface area contributed by atoms with Gasteiger partial charge >= 0.3 is 5.69 Å². The molecule has 3 saturated heterocycles. The van der Waals surface area contributed by atoms with Crippen molar-refractivity contribution in [2.75, 3.05) is 13.1 Å². The fourth-order valence-electron chi connectivity index (χ4n) is 10.0. The Morgan fingerprint density at radius 3 is 2.12 bits per heavy atom.